The van der Waals surface area contributed by atoms with Crippen molar-refractivity contribution in [1.29, 1.82) is 0 Å². The highest BCUT2D eigenvalue weighted by Crippen LogP contribution is 2.16. The Morgan fingerprint density at radius 3 is 2.73 bits per heavy atom. The molecule has 0 saturated heterocycles. The molecule has 82 valence electrons. The van der Waals surface area contributed by atoms with E-state index in [0.717, 1.165) is 18.4 Å². The summed E-state index contributed by atoms with van der Waals surface area (Å²) in [5.74, 6) is -0.264. The SMILES string of the molecule is CCCc1ccc(N)cc1COC(C)=O. The molecular weight excluding hydrogens is 190 g/mol. The molecule has 0 aliphatic carbocycles. The second-order valence-corrected chi connectivity index (χ2v) is 3.56. The third-order valence-electron chi connectivity index (χ3n) is 2.18. The van der Waals surface area contributed by atoms with E-state index in [4.69, 9.17) is 10.5 Å². The Morgan fingerprint density at radius 1 is 1.40 bits per heavy atom. The van der Waals surface area contributed by atoms with Gasteiger partial charge < -0.3 is 10.5 Å². The van der Waals surface area contributed by atoms with Crippen molar-refractivity contribution in [1.82, 2.24) is 0 Å². The maximum Gasteiger partial charge on any atom is 0.302 e. The molecule has 0 spiro atoms. The van der Waals surface area contributed by atoms with Crippen molar-refractivity contribution in [2.45, 2.75) is 33.3 Å². The van der Waals surface area contributed by atoms with Gasteiger partial charge in [0.05, 0.1) is 0 Å². The molecule has 1 aromatic rings. The molecule has 0 aliphatic heterocycles. The van der Waals surface area contributed by atoms with Crippen molar-refractivity contribution in [3.63, 3.8) is 0 Å². The fourth-order valence-electron chi connectivity index (χ4n) is 1.47. The van der Waals surface area contributed by atoms with Crippen LogP contribution in [-0.2, 0) is 22.6 Å². The van der Waals surface area contributed by atoms with Gasteiger partial charge in [0, 0.05) is 12.6 Å². The Labute approximate surface area is 90.2 Å². The molecule has 0 fully saturated rings. The molecule has 15 heavy (non-hydrogen) atoms. The van der Waals surface area contributed by atoms with Crippen molar-refractivity contribution in [3.8, 4) is 0 Å². The molecule has 3 nitrogen and oxygen atoms in total. The summed E-state index contributed by atoms with van der Waals surface area (Å²) in [6.07, 6.45) is 2.05. The number of esters is 1. The van der Waals surface area contributed by atoms with Gasteiger partial charge in [0.2, 0.25) is 0 Å². The van der Waals surface area contributed by atoms with E-state index in [1.54, 1.807) is 0 Å². The minimum atomic E-state index is -0.264. The summed E-state index contributed by atoms with van der Waals surface area (Å²) in [5, 5.41) is 0. The van der Waals surface area contributed by atoms with Crippen molar-refractivity contribution >= 4 is 11.7 Å². The zero-order valence-electron chi connectivity index (χ0n) is 9.25. The van der Waals surface area contributed by atoms with Gasteiger partial charge in [-0.3, -0.25) is 4.79 Å². The average molecular weight is 207 g/mol. The van der Waals surface area contributed by atoms with Crippen LogP contribution in [-0.4, -0.2) is 5.97 Å². The first kappa shape index (κ1) is 11.6. The van der Waals surface area contributed by atoms with E-state index in [2.05, 4.69) is 6.92 Å². The van der Waals surface area contributed by atoms with Crippen molar-refractivity contribution in [2.24, 2.45) is 0 Å². The number of nitrogens with two attached hydrogens (primary N) is 1. The molecule has 0 heterocycles. The zero-order valence-corrected chi connectivity index (χ0v) is 9.25. The predicted molar refractivity (Wildman–Crippen MR) is 60.3 cm³/mol. The number of benzene rings is 1. The second kappa shape index (κ2) is 5.39. The lowest BCUT2D eigenvalue weighted by molar-refractivity contribution is -0.142. The van der Waals surface area contributed by atoms with Gasteiger partial charge in [0.25, 0.3) is 0 Å². The highest BCUT2D eigenvalue weighted by Gasteiger charge is 2.04. The Balaban J connectivity index is 2.81. The van der Waals surface area contributed by atoms with Gasteiger partial charge in [-0.15, -0.1) is 0 Å². The van der Waals surface area contributed by atoms with Gasteiger partial charge in [0.15, 0.2) is 0 Å². The van der Waals surface area contributed by atoms with Gasteiger partial charge in [0.1, 0.15) is 6.61 Å². The molecule has 1 aromatic carbocycles. The molecular formula is C12H17NO2. The van der Waals surface area contributed by atoms with E-state index in [-0.39, 0.29) is 5.97 Å². The van der Waals surface area contributed by atoms with Gasteiger partial charge in [-0.25, -0.2) is 0 Å². The van der Waals surface area contributed by atoms with Crippen molar-refractivity contribution < 1.29 is 9.53 Å². The maximum atomic E-state index is 10.7. The Hall–Kier alpha value is -1.51. The lowest BCUT2D eigenvalue weighted by Crippen LogP contribution is -2.03. The van der Waals surface area contributed by atoms with E-state index in [0.29, 0.717) is 12.3 Å². The highest BCUT2D eigenvalue weighted by molar-refractivity contribution is 5.66. The summed E-state index contributed by atoms with van der Waals surface area (Å²) < 4.78 is 4.98. The summed E-state index contributed by atoms with van der Waals surface area (Å²) in [4.78, 5) is 10.7. The summed E-state index contributed by atoms with van der Waals surface area (Å²) >= 11 is 0. The van der Waals surface area contributed by atoms with E-state index < -0.39 is 0 Å². The van der Waals surface area contributed by atoms with Crippen LogP contribution >= 0.6 is 0 Å². The monoisotopic (exact) mass is 207 g/mol. The van der Waals surface area contributed by atoms with Gasteiger partial charge in [-0.1, -0.05) is 19.4 Å². The minimum absolute atomic E-state index is 0.264. The van der Waals surface area contributed by atoms with Crippen LogP contribution in [0.5, 0.6) is 0 Å². The van der Waals surface area contributed by atoms with Crippen LogP contribution in [0.1, 0.15) is 31.4 Å². The number of carbonyl (C=O) groups is 1. The van der Waals surface area contributed by atoms with Crippen LogP contribution in [0.2, 0.25) is 0 Å². The molecule has 0 radical (unpaired) electrons. The largest absolute Gasteiger partial charge is 0.461 e. The number of anilines is 1. The average Bonchev–Trinajstić information content (AvgIpc) is 2.18. The summed E-state index contributed by atoms with van der Waals surface area (Å²) in [6.45, 7) is 3.84. The van der Waals surface area contributed by atoms with Crippen molar-refractivity contribution in [3.05, 3.63) is 29.3 Å². The van der Waals surface area contributed by atoms with Crippen LogP contribution in [0.4, 0.5) is 5.69 Å². The van der Waals surface area contributed by atoms with Gasteiger partial charge in [-0.05, 0) is 29.7 Å². The number of carbonyl (C=O) groups excluding carboxylic acids is 1. The van der Waals surface area contributed by atoms with E-state index in [9.17, 15) is 4.79 Å². The fraction of sp³-hybridized carbons (Fsp3) is 0.417. The summed E-state index contributed by atoms with van der Waals surface area (Å²) in [7, 11) is 0. The highest BCUT2D eigenvalue weighted by atomic mass is 16.5. The molecule has 0 unspecified atom stereocenters. The first-order valence-corrected chi connectivity index (χ1v) is 5.14. The molecule has 2 N–H and O–H groups in total. The third kappa shape index (κ3) is 3.62. The number of ether oxygens (including phenoxy) is 1. The number of rotatable bonds is 4. The number of nitrogen functional groups attached to an aromatic ring is 1. The van der Waals surface area contributed by atoms with E-state index in [1.165, 1.54) is 12.5 Å². The van der Waals surface area contributed by atoms with Crippen LogP contribution in [0.25, 0.3) is 0 Å². The van der Waals surface area contributed by atoms with Gasteiger partial charge in [-0.2, -0.15) is 0 Å². The smallest absolute Gasteiger partial charge is 0.302 e. The zero-order chi connectivity index (χ0) is 11.3. The fourth-order valence-corrected chi connectivity index (χ4v) is 1.47. The molecule has 3 heteroatoms. The first-order valence-electron chi connectivity index (χ1n) is 5.14. The molecule has 0 aliphatic rings. The summed E-state index contributed by atoms with van der Waals surface area (Å²) in [6, 6.07) is 5.74. The number of aryl methyl sites for hydroxylation is 1. The lowest BCUT2D eigenvalue weighted by atomic mass is 10.0. The molecule has 0 saturated carbocycles. The van der Waals surface area contributed by atoms with E-state index in [1.807, 2.05) is 18.2 Å². The maximum absolute atomic E-state index is 10.7. The predicted octanol–water partition coefficient (Wildman–Crippen LogP) is 2.28. The van der Waals surface area contributed by atoms with Crippen LogP contribution < -0.4 is 5.73 Å². The topological polar surface area (TPSA) is 52.3 Å². The van der Waals surface area contributed by atoms with Crippen molar-refractivity contribution in [2.75, 3.05) is 5.73 Å². The summed E-state index contributed by atoms with van der Waals surface area (Å²) in [5.41, 5.74) is 8.60. The molecule has 1 rings (SSSR count). The second-order valence-electron chi connectivity index (χ2n) is 3.56. The van der Waals surface area contributed by atoms with Gasteiger partial charge >= 0.3 is 5.97 Å². The quantitative estimate of drug-likeness (QED) is 0.608. The number of hydrogen-bond donors (Lipinski definition) is 1. The van der Waals surface area contributed by atoms with E-state index >= 15 is 0 Å². The standard InChI is InChI=1S/C12H17NO2/c1-3-4-10-5-6-12(13)7-11(10)8-15-9(2)14/h5-7H,3-4,8,13H2,1-2H3. The Morgan fingerprint density at radius 2 is 2.13 bits per heavy atom. The molecule has 0 bridgehead atoms. The molecule has 0 aromatic heterocycles. The first-order chi connectivity index (χ1) is 7.13. The van der Waals surface area contributed by atoms with Crippen LogP contribution in [0.3, 0.4) is 0 Å². The normalized spacial score (nSPS) is 10.0. The van der Waals surface area contributed by atoms with Crippen LogP contribution in [0.15, 0.2) is 18.2 Å². The van der Waals surface area contributed by atoms with Crippen LogP contribution in [0, 0.1) is 0 Å². The molecule has 0 atom stereocenters. The lowest BCUT2D eigenvalue weighted by Gasteiger charge is -2.09. The third-order valence-corrected chi connectivity index (χ3v) is 2.18. The Kier molecular flexibility index (Phi) is 4.16. The minimum Gasteiger partial charge on any atom is -0.461 e. The Bertz CT molecular complexity index is 347. The number of hydrogen-bond acceptors (Lipinski definition) is 3. The molecule has 0 amide bonds.